The molecule has 0 saturated carbocycles. The van der Waals surface area contributed by atoms with Gasteiger partial charge in [-0.3, -0.25) is 15.1 Å². The number of carbonyl (C=O) groups is 2. The van der Waals surface area contributed by atoms with Gasteiger partial charge in [0.25, 0.3) is 6.43 Å². The van der Waals surface area contributed by atoms with E-state index in [9.17, 15) is 32.8 Å². The number of benzene rings is 2. The van der Waals surface area contributed by atoms with Crippen LogP contribution in [0.4, 0.5) is 42.4 Å². The van der Waals surface area contributed by atoms with Crippen LogP contribution in [-0.2, 0) is 9.47 Å². The lowest BCUT2D eigenvalue weighted by Gasteiger charge is -2.42. The minimum absolute atomic E-state index is 0.0295. The molecule has 2 N–H and O–H groups in total. The van der Waals surface area contributed by atoms with Crippen molar-refractivity contribution < 1.29 is 41.0 Å². The Hall–Kier alpha value is -5.02. The van der Waals surface area contributed by atoms with E-state index in [1.807, 2.05) is 19.9 Å². The normalized spacial score (nSPS) is 22.2. The zero-order valence-electron chi connectivity index (χ0n) is 36.5. The smallest absolute Gasteiger partial charge is 0.412 e. The topological polar surface area (TPSA) is 144 Å². The minimum Gasteiger partial charge on any atom is -0.444 e. The molecule has 4 atom stereocenters. The number of thiophene rings is 1. The quantitative estimate of drug-likeness (QED) is 0.191. The summed E-state index contributed by atoms with van der Waals surface area (Å²) in [6, 6.07) is 4.30. The maximum Gasteiger partial charge on any atom is 0.412 e. The van der Waals surface area contributed by atoms with E-state index in [4.69, 9.17) is 9.47 Å². The Kier molecular flexibility index (Phi) is 13.2. The Balaban J connectivity index is 0.000000461. The third-order valence-corrected chi connectivity index (χ3v) is 12.5. The molecular formula is C44H54F5N7O5S. The number of anilines is 2. The first-order chi connectivity index (χ1) is 29.1. The van der Waals surface area contributed by atoms with Crippen molar-refractivity contribution >= 4 is 55.3 Å². The van der Waals surface area contributed by atoms with E-state index in [1.165, 1.54) is 12.8 Å². The second-order valence-electron chi connectivity index (χ2n) is 18.1. The summed E-state index contributed by atoms with van der Waals surface area (Å²) in [4.78, 5) is 50.5. The maximum absolute atomic E-state index is 16.8. The summed E-state index contributed by atoms with van der Waals surface area (Å²) in [6.07, 6.45) is -0.720. The van der Waals surface area contributed by atoms with Crippen LogP contribution in [0.15, 0.2) is 23.0 Å². The fourth-order valence-electron chi connectivity index (χ4n) is 9.01. The highest BCUT2D eigenvalue weighted by Crippen LogP contribution is 2.47. The van der Waals surface area contributed by atoms with Crippen molar-refractivity contribution in [3.05, 3.63) is 51.4 Å². The maximum atomic E-state index is 16.8. The Morgan fingerprint density at radius 1 is 1.05 bits per heavy atom. The van der Waals surface area contributed by atoms with Crippen LogP contribution in [0.2, 0.25) is 0 Å². The van der Waals surface area contributed by atoms with Crippen molar-refractivity contribution in [2.45, 2.75) is 136 Å². The number of hydrogen-bond acceptors (Lipinski definition) is 10. The van der Waals surface area contributed by atoms with Crippen LogP contribution < -0.4 is 15.9 Å². The molecule has 4 aliphatic rings. The van der Waals surface area contributed by atoms with E-state index >= 15 is 8.78 Å². The summed E-state index contributed by atoms with van der Waals surface area (Å²) < 4.78 is 85.4. The fraction of sp³-hybridized carbons (Fsp3) is 0.568. The summed E-state index contributed by atoms with van der Waals surface area (Å²) in [7, 11) is 0. The molecule has 4 saturated heterocycles. The monoisotopic (exact) mass is 887 g/mol. The number of ether oxygens (including phenoxy) is 2. The molecule has 12 nitrogen and oxygen atoms in total. The summed E-state index contributed by atoms with van der Waals surface area (Å²) in [5.41, 5.74) is -4.72. The molecule has 3 unspecified atom stereocenters. The SMILES string of the molecule is CC.CC(C)(C)OC(=O)Nc1sc2c(F)ccc(-c3c(C(F)F)cc4c(N5CC6CCC(C5)N6C(=O)OC(C)(C)C)nc(=O)[nH]c4c3F)c2c1C#N.C[C@@]12CCCN1CC(F)C2. The molecule has 4 fully saturated rings. The average Bonchev–Trinajstić information content (AvgIpc) is 3.88. The van der Waals surface area contributed by atoms with Crippen molar-refractivity contribution in [3.63, 3.8) is 0 Å². The minimum atomic E-state index is -3.26. The first-order valence-electron chi connectivity index (χ1n) is 20.9. The van der Waals surface area contributed by atoms with E-state index in [-0.39, 0.29) is 68.1 Å². The number of aromatic nitrogens is 2. The van der Waals surface area contributed by atoms with Crippen molar-refractivity contribution in [3.8, 4) is 17.2 Å². The zero-order chi connectivity index (χ0) is 45.6. The molecule has 2 aromatic heterocycles. The number of nitrogens with zero attached hydrogens (tertiary/aromatic N) is 5. The second-order valence-corrected chi connectivity index (χ2v) is 19.1. The largest absolute Gasteiger partial charge is 0.444 e. The number of fused-ring (bicyclic) bond motifs is 5. The molecule has 336 valence electrons. The van der Waals surface area contributed by atoms with Crippen LogP contribution in [0.5, 0.6) is 0 Å². The number of rotatable bonds is 4. The van der Waals surface area contributed by atoms with Gasteiger partial charge < -0.3 is 19.4 Å². The van der Waals surface area contributed by atoms with Crippen molar-refractivity contribution in [2.24, 2.45) is 0 Å². The van der Waals surface area contributed by atoms with Gasteiger partial charge in [-0.25, -0.2) is 36.3 Å². The molecule has 62 heavy (non-hydrogen) atoms. The lowest BCUT2D eigenvalue weighted by atomic mass is 9.93. The number of aromatic amines is 1. The zero-order valence-corrected chi connectivity index (χ0v) is 37.3. The van der Waals surface area contributed by atoms with Crippen molar-refractivity contribution in [1.29, 1.82) is 5.26 Å². The summed E-state index contributed by atoms with van der Waals surface area (Å²) in [5.74, 6) is -2.10. The number of H-pyrrole nitrogens is 1. The molecule has 2 aromatic carbocycles. The molecule has 8 rings (SSSR count). The van der Waals surface area contributed by atoms with Gasteiger partial charge in [0.2, 0.25) is 0 Å². The van der Waals surface area contributed by atoms with Crippen LogP contribution in [0, 0.1) is 23.0 Å². The van der Waals surface area contributed by atoms with Crippen molar-refractivity contribution in [1.82, 2.24) is 19.8 Å². The number of halogens is 5. The second kappa shape index (κ2) is 17.6. The Bertz CT molecular complexity index is 2440. The van der Waals surface area contributed by atoms with Crippen molar-refractivity contribution in [2.75, 3.05) is 36.4 Å². The summed E-state index contributed by atoms with van der Waals surface area (Å²) >= 11 is 0.666. The Labute approximate surface area is 361 Å². The van der Waals surface area contributed by atoms with Gasteiger partial charge in [-0.15, -0.1) is 11.3 Å². The first-order valence-corrected chi connectivity index (χ1v) is 21.7. The highest BCUT2D eigenvalue weighted by Gasteiger charge is 2.46. The molecule has 0 radical (unpaired) electrons. The summed E-state index contributed by atoms with van der Waals surface area (Å²) in [6.45, 7) is 18.5. The van der Waals surface area contributed by atoms with Gasteiger partial charge in [-0.05, 0) is 105 Å². The molecule has 18 heteroatoms. The molecule has 4 aliphatic heterocycles. The molecule has 6 heterocycles. The van der Waals surface area contributed by atoms with Gasteiger partial charge in [0, 0.05) is 47.1 Å². The Morgan fingerprint density at radius 3 is 2.27 bits per heavy atom. The number of amides is 2. The number of hydrogen-bond donors (Lipinski definition) is 2. The van der Waals surface area contributed by atoms with Gasteiger partial charge in [0.15, 0.2) is 5.82 Å². The van der Waals surface area contributed by atoms with Gasteiger partial charge in [-0.2, -0.15) is 10.2 Å². The standard InChI is InChI=1S/C34H34F4N6O5S.C8H14FN.C2H6/c1-33(2,3)48-31(46)42-29-20(12-39)23-17(9-10-21(35)26(23)50-29)22-18(27(37)38)11-19-25(24(22)36)40-30(45)41-28(19)43-13-15-7-8-16(14-43)44(15)32(47)49-34(4,5)6;1-8-3-2-4-10(8)6-7(9)5-8;1-2/h9-11,15-16,27H,7-8,13-14H2,1-6H3,(H,42,46)(H,40,41,45);7H,2-6H2,1H3;1-2H3/t;7?,8-;/m.0./s1. The molecule has 2 bridgehead atoms. The lowest BCUT2D eigenvalue weighted by molar-refractivity contribution is 0.0122. The number of nitriles is 1. The van der Waals surface area contributed by atoms with E-state index in [0.29, 0.717) is 30.7 Å². The molecular weight excluding hydrogens is 834 g/mol. The molecule has 2 amide bonds. The van der Waals surface area contributed by atoms with Gasteiger partial charge in [-0.1, -0.05) is 19.9 Å². The van der Waals surface area contributed by atoms with Crippen LogP contribution in [-0.4, -0.2) is 93.1 Å². The lowest BCUT2D eigenvalue weighted by Crippen LogP contribution is -2.57. The van der Waals surface area contributed by atoms with E-state index in [2.05, 4.69) is 27.1 Å². The number of alkyl halides is 3. The summed E-state index contributed by atoms with van der Waals surface area (Å²) in [5, 5.41) is 12.1. The van der Waals surface area contributed by atoms with E-state index in [1.54, 1.807) is 51.3 Å². The highest BCUT2D eigenvalue weighted by molar-refractivity contribution is 7.23. The highest BCUT2D eigenvalue weighted by atomic mass is 32.1. The number of carbonyl (C=O) groups excluding carboxylic acids is 2. The molecule has 4 aromatic rings. The third kappa shape index (κ3) is 9.34. The number of piperazine rings is 1. The third-order valence-electron chi connectivity index (χ3n) is 11.4. The van der Waals surface area contributed by atoms with Crippen LogP contribution in [0.1, 0.15) is 112 Å². The van der Waals surface area contributed by atoms with E-state index in [0.717, 1.165) is 31.2 Å². The van der Waals surface area contributed by atoms with Crippen LogP contribution in [0.25, 0.3) is 32.1 Å². The molecule has 0 spiro atoms. The number of nitrogens with one attached hydrogen (secondary N) is 2. The van der Waals surface area contributed by atoms with E-state index < -0.39 is 70.0 Å². The predicted octanol–water partition coefficient (Wildman–Crippen LogP) is 10.4. The van der Waals surface area contributed by atoms with Crippen LogP contribution >= 0.6 is 11.3 Å². The average molecular weight is 888 g/mol. The van der Waals surface area contributed by atoms with Crippen LogP contribution in [0.3, 0.4) is 0 Å². The van der Waals surface area contributed by atoms with Gasteiger partial charge in [0.05, 0.1) is 27.9 Å². The van der Waals surface area contributed by atoms with Gasteiger partial charge >= 0.3 is 17.9 Å². The fourth-order valence-corrected chi connectivity index (χ4v) is 10.1. The Morgan fingerprint density at radius 2 is 1.69 bits per heavy atom. The molecule has 0 aliphatic carbocycles. The first kappa shape index (κ1) is 46.5. The van der Waals surface area contributed by atoms with Gasteiger partial charge in [0.1, 0.15) is 40.1 Å². The predicted molar refractivity (Wildman–Crippen MR) is 230 cm³/mol.